The van der Waals surface area contributed by atoms with Crippen LogP contribution < -0.4 is 9.47 Å². The van der Waals surface area contributed by atoms with Crippen LogP contribution in [0.25, 0.3) is 16.0 Å². The minimum Gasteiger partial charge on any atom is -0.467 e. The highest BCUT2D eigenvalue weighted by Gasteiger charge is 2.39. The fourth-order valence-corrected chi connectivity index (χ4v) is 18.0. The number of carbonyl (C=O) groups excluding carboxylic acids is 6. The number of nitriles is 1. The Kier molecular flexibility index (Phi) is 23.6. The van der Waals surface area contributed by atoms with Crippen molar-refractivity contribution in [2.75, 3.05) is 26.4 Å². The van der Waals surface area contributed by atoms with Gasteiger partial charge in [0.25, 0.3) is 5.70 Å². The topological polar surface area (TPSA) is 186 Å². The van der Waals surface area contributed by atoms with E-state index in [2.05, 4.69) is 31.9 Å². The minimum atomic E-state index is -0.934. The van der Waals surface area contributed by atoms with Crippen LogP contribution in [0.3, 0.4) is 0 Å². The average molecular weight is 1190 g/mol. The lowest BCUT2D eigenvalue weighted by atomic mass is 9.68. The van der Waals surface area contributed by atoms with Gasteiger partial charge < -0.3 is 28.4 Å². The highest BCUT2D eigenvalue weighted by molar-refractivity contribution is 8.25. The maximum atomic E-state index is 14.2. The summed E-state index contributed by atoms with van der Waals surface area (Å²) in [7, 11) is 0. The summed E-state index contributed by atoms with van der Waals surface area (Å²) in [4.78, 5) is 84.6. The molecule has 2 heterocycles. The standard InChI is InChI=1S/C64H76N2O12S4/c1-6-10-12-39-14-18-41(19-15-39)43-22-26-45(27-23-43)59(69)77-50-32-30-47(55-57(50)81-63(79-55)49(38-65)61(71)75-36-34-73-52(67)8-3)48-31-33-51(58-56(48)80-64(82-58)54(66-5)62(72)76-37-35-74-53(68)9-4)78-60(70)46-28-24-44(25-29-46)42-20-16-40(17-21-42)13-11-7-2/h8-9,30-33,39-46H,3-4,6-7,10-29,34-37H2,1-2H3/b63-49+,64-54-. The van der Waals surface area contributed by atoms with Gasteiger partial charge in [0.15, 0.2) is 5.57 Å². The van der Waals surface area contributed by atoms with Crippen LogP contribution in [0.5, 0.6) is 11.5 Å². The first-order valence-corrected chi connectivity index (χ1v) is 32.8. The number of unbranched alkanes of at least 4 members (excludes halogenated alkanes) is 2. The highest BCUT2D eigenvalue weighted by Crippen LogP contribution is 2.63. The van der Waals surface area contributed by atoms with Crippen molar-refractivity contribution in [2.24, 2.45) is 47.3 Å². The van der Waals surface area contributed by atoms with Crippen LogP contribution in [0, 0.1) is 65.2 Å². The monoisotopic (exact) mass is 1190 g/mol. The van der Waals surface area contributed by atoms with Crippen LogP contribution in [0.1, 0.15) is 155 Å². The van der Waals surface area contributed by atoms with Crippen molar-refractivity contribution in [1.82, 2.24) is 0 Å². The van der Waals surface area contributed by atoms with Crippen LogP contribution in [-0.2, 0) is 47.7 Å². The van der Waals surface area contributed by atoms with E-state index in [0.29, 0.717) is 54.4 Å². The molecule has 2 aliphatic heterocycles. The predicted octanol–water partition coefficient (Wildman–Crippen LogP) is 15.5. The zero-order valence-electron chi connectivity index (χ0n) is 47.3. The van der Waals surface area contributed by atoms with Crippen molar-refractivity contribution in [3.63, 3.8) is 0 Å². The fraction of sp³-hybridized carbons (Fsp3) is 0.562. The van der Waals surface area contributed by atoms with Gasteiger partial charge in [-0.2, -0.15) is 5.26 Å². The summed E-state index contributed by atoms with van der Waals surface area (Å²) < 4.78 is 33.9. The summed E-state index contributed by atoms with van der Waals surface area (Å²) in [6, 6.07) is 9.05. The molecule has 0 spiro atoms. The third kappa shape index (κ3) is 16.1. The number of thioether (sulfide) groups is 4. The zero-order chi connectivity index (χ0) is 58.1. The quantitative estimate of drug-likeness (QED) is 0.0194. The van der Waals surface area contributed by atoms with Gasteiger partial charge in [0.2, 0.25) is 0 Å². The smallest absolute Gasteiger partial charge is 0.350 e. The minimum absolute atomic E-state index is 0.246. The molecule has 438 valence electrons. The van der Waals surface area contributed by atoms with E-state index in [9.17, 15) is 34.0 Å². The molecule has 18 heteroatoms. The SMILES string of the molecule is [C-]#[N+]/C(C(=O)OCCOC(=O)C=C)=C1\Sc2c(OC(=O)C3CCC(C4CCC(CCCC)CC4)CC3)ccc(-c3ccc(OC(=O)C4CCC(C5CCC(CCCC)CC5)CC4)c4c3S/C(=C(/C#N)C(=O)OCCOC(=O)C=C)S4)c2S1. The molecule has 0 N–H and O–H groups in total. The molecule has 6 aliphatic rings. The first-order valence-electron chi connectivity index (χ1n) is 29.5. The normalized spacial score (nSPS) is 25.1. The van der Waals surface area contributed by atoms with Gasteiger partial charge in [-0.1, -0.05) is 138 Å². The molecule has 0 unspecified atom stereocenters. The second kappa shape index (κ2) is 30.9. The Morgan fingerprint density at radius 3 is 1.33 bits per heavy atom. The molecule has 2 aromatic rings. The van der Waals surface area contributed by atoms with Crippen molar-refractivity contribution in [3.8, 4) is 28.7 Å². The van der Waals surface area contributed by atoms with Gasteiger partial charge in [-0.3, -0.25) is 14.4 Å². The third-order valence-corrected chi connectivity index (χ3v) is 22.6. The Morgan fingerprint density at radius 1 is 0.549 bits per heavy atom. The number of ether oxygens (including phenoxy) is 6. The van der Waals surface area contributed by atoms with Crippen LogP contribution >= 0.6 is 47.0 Å². The first-order chi connectivity index (χ1) is 39.9. The summed E-state index contributed by atoms with van der Waals surface area (Å²) in [6.45, 7) is 18.3. The Labute approximate surface area is 500 Å². The molecule has 0 atom stereocenters. The van der Waals surface area contributed by atoms with Crippen LogP contribution in [0.15, 0.2) is 88.9 Å². The second-order valence-electron chi connectivity index (χ2n) is 22.4. The molecule has 8 rings (SSSR count). The zero-order valence-corrected chi connectivity index (χ0v) is 50.6. The molecule has 0 aromatic heterocycles. The van der Waals surface area contributed by atoms with E-state index in [4.69, 9.17) is 35.0 Å². The van der Waals surface area contributed by atoms with E-state index >= 15 is 0 Å². The Bertz CT molecular complexity index is 2660. The van der Waals surface area contributed by atoms with Crippen molar-refractivity contribution in [2.45, 2.75) is 175 Å². The summed E-state index contributed by atoms with van der Waals surface area (Å²) in [5, 5.41) is 10.5. The Morgan fingerprint density at radius 2 is 0.927 bits per heavy atom. The molecule has 4 aliphatic carbocycles. The number of hydrogen-bond donors (Lipinski definition) is 0. The second-order valence-corrected chi connectivity index (χ2v) is 27.0. The van der Waals surface area contributed by atoms with E-state index in [1.54, 1.807) is 12.1 Å². The average Bonchev–Trinajstić information content (AvgIpc) is 4.34. The van der Waals surface area contributed by atoms with Gasteiger partial charge in [0.05, 0.1) is 36.7 Å². The van der Waals surface area contributed by atoms with E-state index < -0.39 is 23.9 Å². The molecule has 0 bridgehead atoms. The van der Waals surface area contributed by atoms with Gasteiger partial charge in [0.1, 0.15) is 44.0 Å². The number of rotatable bonds is 23. The lowest BCUT2D eigenvalue weighted by molar-refractivity contribution is -0.146. The predicted molar refractivity (Wildman–Crippen MR) is 318 cm³/mol. The molecule has 82 heavy (non-hydrogen) atoms. The Balaban J connectivity index is 1.07. The number of esters is 6. The Hall–Kier alpha value is -5.40. The van der Waals surface area contributed by atoms with Crippen molar-refractivity contribution >= 4 is 82.9 Å². The van der Waals surface area contributed by atoms with Gasteiger partial charge in [0, 0.05) is 21.9 Å². The first kappa shape index (κ1) is 62.6. The van der Waals surface area contributed by atoms with E-state index in [1.807, 2.05) is 18.2 Å². The van der Waals surface area contributed by atoms with Crippen molar-refractivity contribution < 1.29 is 57.2 Å². The molecular weight excluding hydrogens is 1120 g/mol. The van der Waals surface area contributed by atoms with E-state index in [-0.39, 0.29) is 81.4 Å². The van der Waals surface area contributed by atoms with E-state index in [1.165, 1.54) is 89.9 Å². The molecule has 14 nitrogen and oxygen atoms in total. The van der Waals surface area contributed by atoms with Gasteiger partial charge >= 0.3 is 35.8 Å². The lowest BCUT2D eigenvalue weighted by Crippen LogP contribution is -2.30. The maximum absolute atomic E-state index is 14.2. The molecule has 0 radical (unpaired) electrons. The molecular formula is C64H76N2O12S4. The number of benzene rings is 2. The fourth-order valence-electron chi connectivity index (χ4n) is 12.8. The summed E-state index contributed by atoms with van der Waals surface area (Å²) >= 11 is 4.50. The summed E-state index contributed by atoms with van der Waals surface area (Å²) in [5.74, 6) is 0.292. The molecule has 2 aromatic carbocycles. The molecule has 4 saturated carbocycles. The summed E-state index contributed by atoms with van der Waals surface area (Å²) in [6.07, 6.45) is 26.7. The van der Waals surface area contributed by atoms with Gasteiger partial charge in [-0.25, -0.2) is 19.2 Å². The maximum Gasteiger partial charge on any atom is 0.350 e. The van der Waals surface area contributed by atoms with Crippen LogP contribution in [0.4, 0.5) is 0 Å². The highest BCUT2D eigenvalue weighted by atomic mass is 32.2. The number of fused-ring (bicyclic) bond motifs is 2. The van der Waals surface area contributed by atoms with Crippen LogP contribution in [0.2, 0.25) is 0 Å². The number of carbonyl (C=O) groups is 6. The van der Waals surface area contributed by atoms with Gasteiger partial charge in [-0.15, -0.1) is 0 Å². The number of nitrogens with zero attached hydrogens (tertiary/aromatic N) is 2. The van der Waals surface area contributed by atoms with Crippen LogP contribution in [-0.4, -0.2) is 62.2 Å². The molecule has 0 saturated heterocycles. The van der Waals surface area contributed by atoms with Gasteiger partial charge in [-0.05, 0) is 148 Å². The van der Waals surface area contributed by atoms with Crippen molar-refractivity contribution in [1.29, 1.82) is 5.26 Å². The third-order valence-electron chi connectivity index (χ3n) is 17.4. The molecule has 4 fully saturated rings. The van der Waals surface area contributed by atoms with Crippen molar-refractivity contribution in [3.05, 3.63) is 80.7 Å². The van der Waals surface area contributed by atoms with E-state index in [0.717, 1.165) is 122 Å². The lowest BCUT2D eigenvalue weighted by Gasteiger charge is -2.37. The summed E-state index contributed by atoms with van der Waals surface area (Å²) in [5.41, 5.74) is 0.622. The largest absolute Gasteiger partial charge is 0.467 e. The molecule has 0 amide bonds. The number of hydrogen-bond acceptors (Lipinski definition) is 17.